The van der Waals surface area contributed by atoms with Gasteiger partial charge in [-0.1, -0.05) is 6.92 Å². The highest BCUT2D eigenvalue weighted by Crippen LogP contribution is 2.05. The number of carbonyl (C=O) groups is 1. The summed E-state index contributed by atoms with van der Waals surface area (Å²) in [5.41, 5.74) is 0. The van der Waals surface area contributed by atoms with Crippen LogP contribution < -0.4 is 4.74 Å². The predicted octanol–water partition coefficient (Wildman–Crippen LogP) is 1.40. The lowest BCUT2D eigenvalue weighted by Crippen LogP contribution is -2.06. The van der Waals surface area contributed by atoms with Crippen molar-refractivity contribution < 1.29 is 9.53 Å². The van der Waals surface area contributed by atoms with E-state index in [1.165, 1.54) is 0 Å². The molecule has 0 radical (unpaired) electrons. The monoisotopic (exact) mass is 194 g/mol. The summed E-state index contributed by atoms with van der Waals surface area (Å²) in [7, 11) is 1.54. The van der Waals surface area contributed by atoms with Gasteiger partial charge in [-0.25, -0.2) is 4.98 Å². The van der Waals surface area contributed by atoms with E-state index in [0.717, 1.165) is 6.42 Å². The van der Waals surface area contributed by atoms with E-state index < -0.39 is 0 Å². The summed E-state index contributed by atoms with van der Waals surface area (Å²) in [5, 5.41) is 0. The smallest absolute Gasteiger partial charge is 0.216 e. The number of hydrogen-bond donors (Lipinski definition) is 0. The Balaban J connectivity index is 2.62. The van der Waals surface area contributed by atoms with Crippen LogP contribution >= 0.6 is 0 Å². The standard InChI is InChI=1S/C10H14N2O2/c1-3-4-8(13)7-9-11-6-5-10(12-9)14-2/h5-6H,3-4,7H2,1-2H3. The van der Waals surface area contributed by atoms with Crippen LogP contribution in [0.15, 0.2) is 12.3 Å². The summed E-state index contributed by atoms with van der Waals surface area (Å²) in [6.45, 7) is 1.98. The van der Waals surface area contributed by atoms with E-state index in [9.17, 15) is 4.79 Å². The number of carbonyl (C=O) groups excluding carboxylic acids is 1. The molecule has 4 heteroatoms. The highest BCUT2D eigenvalue weighted by molar-refractivity contribution is 5.79. The quantitative estimate of drug-likeness (QED) is 0.710. The third kappa shape index (κ3) is 3.12. The zero-order chi connectivity index (χ0) is 10.4. The Kier molecular flexibility index (Phi) is 4.04. The SMILES string of the molecule is CCCC(=O)Cc1nccc(OC)n1. The third-order valence-corrected chi connectivity index (χ3v) is 1.77. The molecule has 76 valence electrons. The fourth-order valence-corrected chi connectivity index (χ4v) is 1.12. The van der Waals surface area contributed by atoms with Crippen LogP contribution in [0.5, 0.6) is 5.88 Å². The Morgan fingerprint density at radius 2 is 2.36 bits per heavy atom. The van der Waals surface area contributed by atoms with Crippen molar-refractivity contribution in [1.29, 1.82) is 0 Å². The molecule has 0 atom stereocenters. The zero-order valence-corrected chi connectivity index (χ0v) is 8.49. The minimum Gasteiger partial charge on any atom is -0.481 e. The molecule has 14 heavy (non-hydrogen) atoms. The van der Waals surface area contributed by atoms with Gasteiger partial charge in [-0.05, 0) is 6.42 Å². The van der Waals surface area contributed by atoms with E-state index in [0.29, 0.717) is 24.5 Å². The van der Waals surface area contributed by atoms with Crippen molar-refractivity contribution in [1.82, 2.24) is 9.97 Å². The Hall–Kier alpha value is -1.45. The van der Waals surface area contributed by atoms with E-state index in [-0.39, 0.29) is 5.78 Å². The Bertz CT molecular complexity index is 313. The van der Waals surface area contributed by atoms with Crippen molar-refractivity contribution in [2.45, 2.75) is 26.2 Å². The van der Waals surface area contributed by atoms with Gasteiger partial charge in [0.15, 0.2) is 0 Å². The van der Waals surface area contributed by atoms with Crippen LogP contribution in [0.3, 0.4) is 0 Å². The largest absolute Gasteiger partial charge is 0.481 e. The first-order chi connectivity index (χ1) is 6.76. The van der Waals surface area contributed by atoms with Gasteiger partial charge in [-0.15, -0.1) is 0 Å². The lowest BCUT2D eigenvalue weighted by molar-refractivity contribution is -0.118. The fourth-order valence-electron chi connectivity index (χ4n) is 1.12. The molecule has 0 saturated heterocycles. The van der Waals surface area contributed by atoms with Gasteiger partial charge in [-0.3, -0.25) is 4.79 Å². The molecule has 1 aromatic rings. The molecule has 0 spiro atoms. The Morgan fingerprint density at radius 1 is 1.57 bits per heavy atom. The topological polar surface area (TPSA) is 52.1 Å². The summed E-state index contributed by atoms with van der Waals surface area (Å²) in [5.74, 6) is 1.20. The lowest BCUT2D eigenvalue weighted by Gasteiger charge is -2.01. The second kappa shape index (κ2) is 5.32. The molecule has 0 saturated carbocycles. The summed E-state index contributed by atoms with van der Waals surface area (Å²) < 4.78 is 4.93. The number of ether oxygens (including phenoxy) is 1. The summed E-state index contributed by atoms with van der Waals surface area (Å²) in [6.07, 6.45) is 3.34. The van der Waals surface area contributed by atoms with Gasteiger partial charge < -0.3 is 4.74 Å². The molecular weight excluding hydrogens is 180 g/mol. The van der Waals surface area contributed by atoms with Crippen molar-refractivity contribution in [3.63, 3.8) is 0 Å². The molecule has 0 unspecified atom stereocenters. The summed E-state index contributed by atoms with van der Waals surface area (Å²) in [6, 6.07) is 1.66. The number of ketones is 1. The second-order valence-electron chi connectivity index (χ2n) is 2.98. The van der Waals surface area contributed by atoms with Crippen LogP contribution in [0.1, 0.15) is 25.6 Å². The number of hydrogen-bond acceptors (Lipinski definition) is 4. The van der Waals surface area contributed by atoms with Gasteiger partial charge in [0.05, 0.1) is 13.5 Å². The highest BCUT2D eigenvalue weighted by Gasteiger charge is 2.05. The van der Waals surface area contributed by atoms with Crippen LogP contribution in [0.25, 0.3) is 0 Å². The molecule has 0 amide bonds. The van der Waals surface area contributed by atoms with Crippen molar-refractivity contribution in [3.8, 4) is 5.88 Å². The molecule has 1 aromatic heterocycles. The lowest BCUT2D eigenvalue weighted by atomic mass is 10.2. The van der Waals surface area contributed by atoms with Crippen molar-refractivity contribution >= 4 is 5.78 Å². The van der Waals surface area contributed by atoms with E-state index in [1.807, 2.05) is 6.92 Å². The van der Waals surface area contributed by atoms with Gasteiger partial charge in [0.1, 0.15) is 11.6 Å². The van der Waals surface area contributed by atoms with Crippen LogP contribution in [0.2, 0.25) is 0 Å². The maximum absolute atomic E-state index is 11.3. The maximum Gasteiger partial charge on any atom is 0.216 e. The van der Waals surface area contributed by atoms with E-state index in [4.69, 9.17) is 4.74 Å². The molecule has 0 N–H and O–H groups in total. The molecule has 1 rings (SSSR count). The average molecular weight is 194 g/mol. The van der Waals surface area contributed by atoms with Gasteiger partial charge in [0.2, 0.25) is 5.88 Å². The van der Waals surface area contributed by atoms with Crippen molar-refractivity contribution in [2.75, 3.05) is 7.11 Å². The second-order valence-corrected chi connectivity index (χ2v) is 2.98. The molecule has 1 heterocycles. The first-order valence-electron chi connectivity index (χ1n) is 4.64. The first-order valence-corrected chi connectivity index (χ1v) is 4.64. The normalized spacial score (nSPS) is 9.86. The van der Waals surface area contributed by atoms with Crippen molar-refractivity contribution in [2.24, 2.45) is 0 Å². The average Bonchev–Trinajstić information content (AvgIpc) is 2.18. The molecule has 0 aliphatic carbocycles. The molecule has 0 aromatic carbocycles. The molecule has 4 nitrogen and oxygen atoms in total. The molecule has 0 aliphatic rings. The van der Waals surface area contributed by atoms with Crippen LogP contribution in [-0.4, -0.2) is 22.9 Å². The highest BCUT2D eigenvalue weighted by atomic mass is 16.5. The van der Waals surface area contributed by atoms with E-state index in [1.54, 1.807) is 19.4 Å². The van der Waals surface area contributed by atoms with Gasteiger partial charge in [-0.2, -0.15) is 4.98 Å². The maximum atomic E-state index is 11.3. The first kappa shape index (κ1) is 10.6. The van der Waals surface area contributed by atoms with Crippen LogP contribution in [0, 0.1) is 0 Å². The minimum atomic E-state index is 0.167. The molecular formula is C10H14N2O2. The third-order valence-electron chi connectivity index (χ3n) is 1.77. The molecule has 0 bridgehead atoms. The Labute approximate surface area is 83.3 Å². The van der Waals surface area contributed by atoms with Gasteiger partial charge in [0.25, 0.3) is 0 Å². The minimum absolute atomic E-state index is 0.167. The van der Waals surface area contributed by atoms with E-state index >= 15 is 0 Å². The number of aromatic nitrogens is 2. The number of rotatable bonds is 5. The predicted molar refractivity (Wildman–Crippen MR) is 52.2 cm³/mol. The number of methoxy groups -OCH3 is 1. The Morgan fingerprint density at radius 3 is 3.00 bits per heavy atom. The zero-order valence-electron chi connectivity index (χ0n) is 8.49. The molecule has 0 fully saturated rings. The van der Waals surface area contributed by atoms with Gasteiger partial charge >= 0.3 is 0 Å². The number of Topliss-reactive ketones (excluding diaryl/α,β-unsaturated/α-hetero) is 1. The summed E-state index contributed by atoms with van der Waals surface area (Å²) >= 11 is 0. The van der Waals surface area contributed by atoms with Crippen molar-refractivity contribution in [3.05, 3.63) is 18.1 Å². The van der Waals surface area contributed by atoms with Crippen LogP contribution in [-0.2, 0) is 11.2 Å². The van der Waals surface area contributed by atoms with Gasteiger partial charge in [0, 0.05) is 18.7 Å². The number of nitrogens with zero attached hydrogens (tertiary/aromatic N) is 2. The van der Waals surface area contributed by atoms with Crippen LogP contribution in [0.4, 0.5) is 0 Å². The summed E-state index contributed by atoms with van der Waals surface area (Å²) in [4.78, 5) is 19.3. The fraction of sp³-hybridized carbons (Fsp3) is 0.500. The molecule has 0 aliphatic heterocycles. The van der Waals surface area contributed by atoms with E-state index in [2.05, 4.69) is 9.97 Å².